The number of alkyl halides is 2. The number of rotatable bonds is 2. The van der Waals surface area contributed by atoms with Crippen molar-refractivity contribution in [2.45, 2.75) is 10.8 Å². The summed E-state index contributed by atoms with van der Waals surface area (Å²) >= 11 is 17.7. The first kappa shape index (κ1) is 20.9. The molecule has 1 aliphatic rings. The van der Waals surface area contributed by atoms with Crippen LogP contribution in [0.3, 0.4) is 0 Å². The van der Waals surface area contributed by atoms with Crippen molar-refractivity contribution >= 4 is 57.4 Å². The smallest absolute Gasteiger partial charge is 0.293 e. The van der Waals surface area contributed by atoms with Crippen LogP contribution in [0.15, 0.2) is 60.3 Å². The van der Waals surface area contributed by atoms with Crippen LogP contribution in [-0.2, 0) is 0 Å². The molecule has 0 spiro atoms. The van der Waals surface area contributed by atoms with Gasteiger partial charge in [0.1, 0.15) is 5.69 Å². The number of halogens is 3. The molecule has 0 atom stereocenters. The van der Waals surface area contributed by atoms with Crippen LogP contribution in [0.4, 0.5) is 17.1 Å². The monoisotopic (exact) mass is 426 g/mol. The zero-order valence-electron chi connectivity index (χ0n) is 14.0. The minimum Gasteiger partial charge on any atom is -0.400 e. The molecule has 3 rings (SSSR count). The van der Waals surface area contributed by atoms with Gasteiger partial charge >= 0.3 is 0 Å². The molecule has 0 saturated heterocycles. The fourth-order valence-corrected chi connectivity index (χ4v) is 2.86. The number of nitrogens with two attached hydrogens (primary N) is 3. The van der Waals surface area contributed by atoms with E-state index in [9.17, 15) is 10.1 Å². The van der Waals surface area contributed by atoms with Gasteiger partial charge in [-0.15, -0.1) is 0 Å². The second kappa shape index (κ2) is 8.52. The van der Waals surface area contributed by atoms with Crippen molar-refractivity contribution < 1.29 is 4.92 Å². The normalized spacial score (nSPS) is 15.1. The summed E-state index contributed by atoms with van der Waals surface area (Å²) in [6, 6.07) is 11.7. The highest BCUT2D eigenvalue weighted by Crippen LogP contribution is 2.40. The molecule has 9 heteroatoms. The van der Waals surface area contributed by atoms with Gasteiger partial charge in [-0.25, -0.2) is 0 Å². The van der Waals surface area contributed by atoms with Crippen LogP contribution in [0.25, 0.3) is 5.57 Å². The molecule has 0 radical (unpaired) electrons. The van der Waals surface area contributed by atoms with E-state index in [1.54, 1.807) is 6.08 Å². The van der Waals surface area contributed by atoms with Crippen molar-refractivity contribution in [3.05, 3.63) is 81.0 Å². The first-order valence-corrected chi connectivity index (χ1v) is 8.83. The Morgan fingerprint density at radius 2 is 1.63 bits per heavy atom. The van der Waals surface area contributed by atoms with E-state index in [4.69, 9.17) is 52.0 Å². The lowest BCUT2D eigenvalue weighted by Gasteiger charge is -2.25. The Hall–Kier alpha value is -2.41. The van der Waals surface area contributed by atoms with Crippen molar-refractivity contribution in [2.24, 2.45) is 5.73 Å². The van der Waals surface area contributed by atoms with Gasteiger partial charge in [-0.1, -0.05) is 53.0 Å². The third kappa shape index (κ3) is 5.53. The van der Waals surface area contributed by atoms with Crippen molar-refractivity contribution in [3.63, 3.8) is 0 Å². The second-order valence-corrected chi connectivity index (χ2v) is 7.70. The van der Waals surface area contributed by atoms with Crippen LogP contribution in [-0.4, -0.2) is 9.26 Å². The van der Waals surface area contributed by atoms with Gasteiger partial charge in [0.2, 0.25) is 0 Å². The Morgan fingerprint density at radius 1 is 1.00 bits per heavy atom. The van der Waals surface area contributed by atoms with E-state index in [1.807, 2.05) is 30.3 Å². The minimum atomic E-state index is -1.01. The number of hydrogen-bond donors (Lipinski definition) is 3. The van der Waals surface area contributed by atoms with E-state index >= 15 is 0 Å². The third-order valence-electron chi connectivity index (χ3n) is 3.77. The quantitative estimate of drug-likeness (QED) is 0.272. The van der Waals surface area contributed by atoms with Gasteiger partial charge in [-0.05, 0) is 41.5 Å². The van der Waals surface area contributed by atoms with Crippen LogP contribution in [0.5, 0.6) is 0 Å². The second-order valence-electron chi connectivity index (χ2n) is 5.78. The van der Waals surface area contributed by atoms with E-state index in [-0.39, 0.29) is 11.4 Å². The summed E-state index contributed by atoms with van der Waals surface area (Å²) in [7, 11) is 0. The summed E-state index contributed by atoms with van der Waals surface area (Å²) in [6.45, 7) is 0. The molecule has 2 aromatic rings. The summed E-state index contributed by atoms with van der Waals surface area (Å²) in [5.74, 6) is 0. The summed E-state index contributed by atoms with van der Waals surface area (Å²) < 4.78 is -1.01. The summed E-state index contributed by atoms with van der Waals surface area (Å²) in [4.78, 5) is 9.67. The lowest BCUT2D eigenvalue weighted by atomic mass is 9.95. The number of nitro benzene ring substituents is 1. The van der Waals surface area contributed by atoms with Crippen LogP contribution < -0.4 is 17.2 Å². The van der Waals surface area contributed by atoms with Gasteiger partial charge in [0.25, 0.3) is 5.69 Å². The molecule has 0 unspecified atom stereocenters. The highest BCUT2D eigenvalue weighted by Gasteiger charge is 2.31. The minimum absolute atomic E-state index is 0.124. The molecule has 0 aromatic heterocycles. The summed E-state index contributed by atoms with van der Waals surface area (Å²) in [6.07, 6.45) is 4.18. The molecule has 2 aromatic carbocycles. The van der Waals surface area contributed by atoms with Gasteiger partial charge in [-0.2, -0.15) is 0 Å². The van der Waals surface area contributed by atoms with Crippen LogP contribution in [0.2, 0.25) is 5.02 Å². The Kier molecular flexibility index (Phi) is 6.59. The van der Waals surface area contributed by atoms with Crippen LogP contribution in [0.1, 0.15) is 12.0 Å². The fourth-order valence-electron chi connectivity index (χ4n) is 2.28. The van der Waals surface area contributed by atoms with E-state index < -0.39 is 9.26 Å². The molecule has 6 nitrogen and oxygen atoms in total. The first-order chi connectivity index (χ1) is 12.6. The number of hydrogen-bond acceptors (Lipinski definition) is 5. The van der Waals surface area contributed by atoms with E-state index in [1.165, 1.54) is 18.2 Å². The van der Waals surface area contributed by atoms with Gasteiger partial charge in [0.05, 0.1) is 4.92 Å². The number of nitro groups is 1. The Bertz CT molecular complexity index is 909. The standard InChI is InChI=1S/C12H12Cl2N2.C6H5ClN2O2/c13-12(14)7-9(3-6-11(12)16)8-1-4-10(15)5-2-8;7-4-1-2-5(8)6(3-4)9(10)11/h1-6H,7,15-16H2;1-3H,8H2. The maximum Gasteiger partial charge on any atom is 0.293 e. The first-order valence-electron chi connectivity index (χ1n) is 7.70. The average molecular weight is 428 g/mol. The lowest BCUT2D eigenvalue weighted by Crippen LogP contribution is -2.25. The Morgan fingerprint density at radius 3 is 2.15 bits per heavy atom. The molecule has 0 aliphatic heterocycles. The van der Waals surface area contributed by atoms with Crippen molar-refractivity contribution in [3.8, 4) is 0 Å². The number of nitrogens with zero attached hydrogens (tertiary/aromatic N) is 1. The van der Waals surface area contributed by atoms with E-state index in [0.29, 0.717) is 17.1 Å². The topological polar surface area (TPSA) is 121 Å². The van der Waals surface area contributed by atoms with Gasteiger partial charge in [-0.3, -0.25) is 10.1 Å². The zero-order valence-corrected chi connectivity index (χ0v) is 16.3. The molecule has 0 fully saturated rings. The van der Waals surface area contributed by atoms with Crippen LogP contribution in [0, 0.1) is 10.1 Å². The predicted octanol–water partition coefficient (Wildman–Crippen LogP) is 4.90. The molecule has 0 amide bonds. The van der Waals surface area contributed by atoms with Gasteiger partial charge in [0, 0.05) is 28.9 Å². The number of nitrogen functional groups attached to an aromatic ring is 2. The Balaban J connectivity index is 0.000000208. The predicted molar refractivity (Wildman–Crippen MR) is 113 cm³/mol. The number of allylic oxidation sites excluding steroid dienone is 4. The number of benzene rings is 2. The molecular formula is C18H17Cl3N4O2. The van der Waals surface area contributed by atoms with Crippen LogP contribution >= 0.6 is 34.8 Å². The molecule has 142 valence electrons. The highest BCUT2D eigenvalue weighted by atomic mass is 35.5. The zero-order chi connectivity index (χ0) is 20.2. The van der Waals surface area contributed by atoms with Crippen molar-refractivity contribution in [1.29, 1.82) is 0 Å². The Labute approximate surface area is 171 Å². The van der Waals surface area contributed by atoms with Crippen molar-refractivity contribution in [1.82, 2.24) is 0 Å². The largest absolute Gasteiger partial charge is 0.400 e. The molecule has 1 aliphatic carbocycles. The average Bonchev–Trinajstić information content (AvgIpc) is 2.60. The highest BCUT2D eigenvalue weighted by molar-refractivity contribution is 6.51. The molecule has 0 heterocycles. The van der Waals surface area contributed by atoms with Crippen molar-refractivity contribution in [2.75, 3.05) is 11.5 Å². The fraction of sp³-hybridized carbons (Fsp3) is 0.111. The third-order valence-corrected chi connectivity index (χ3v) is 4.71. The summed E-state index contributed by atoms with van der Waals surface area (Å²) in [5, 5.41) is 10.6. The summed E-state index contributed by atoms with van der Waals surface area (Å²) in [5.41, 5.74) is 19.9. The number of anilines is 2. The van der Waals surface area contributed by atoms with Gasteiger partial charge < -0.3 is 17.2 Å². The van der Waals surface area contributed by atoms with E-state index in [2.05, 4.69) is 0 Å². The SMILES string of the molecule is NC1=CC=C(c2ccc(N)cc2)CC1(Cl)Cl.Nc1ccc(Cl)cc1[N+](=O)[O-]. The lowest BCUT2D eigenvalue weighted by molar-refractivity contribution is -0.383. The molecule has 27 heavy (non-hydrogen) atoms. The molecule has 0 bridgehead atoms. The molecule has 6 N–H and O–H groups in total. The maximum absolute atomic E-state index is 10.2. The molecule has 0 saturated carbocycles. The van der Waals surface area contributed by atoms with Gasteiger partial charge in [0.15, 0.2) is 4.33 Å². The van der Waals surface area contributed by atoms with E-state index in [0.717, 1.165) is 16.8 Å². The molecular weight excluding hydrogens is 411 g/mol. The maximum atomic E-state index is 10.2.